The van der Waals surface area contributed by atoms with Gasteiger partial charge in [0.25, 0.3) is 0 Å². The van der Waals surface area contributed by atoms with E-state index in [-0.39, 0.29) is 18.7 Å². The van der Waals surface area contributed by atoms with E-state index in [2.05, 4.69) is 9.88 Å². The van der Waals surface area contributed by atoms with Crippen LogP contribution in [0, 0.1) is 0 Å². The Labute approximate surface area is 102 Å². The Morgan fingerprint density at radius 1 is 1.53 bits per heavy atom. The monoisotopic (exact) mass is 235 g/mol. The second-order valence-electron chi connectivity index (χ2n) is 4.76. The van der Waals surface area contributed by atoms with Gasteiger partial charge in [-0.05, 0) is 37.8 Å². The van der Waals surface area contributed by atoms with Gasteiger partial charge >= 0.3 is 0 Å². The minimum Gasteiger partial charge on any atom is -0.394 e. The maximum absolute atomic E-state index is 9.38. The van der Waals surface area contributed by atoms with Crippen molar-refractivity contribution < 1.29 is 5.11 Å². The van der Waals surface area contributed by atoms with Gasteiger partial charge in [-0.15, -0.1) is 0 Å². The first-order valence-electron chi connectivity index (χ1n) is 6.31. The van der Waals surface area contributed by atoms with Crippen LogP contribution in [0.3, 0.4) is 0 Å². The highest BCUT2D eigenvalue weighted by molar-refractivity contribution is 5.41. The second kappa shape index (κ2) is 5.47. The molecule has 1 aromatic heterocycles. The first-order valence-corrected chi connectivity index (χ1v) is 6.31. The van der Waals surface area contributed by atoms with Crippen LogP contribution in [0.4, 0.5) is 5.82 Å². The molecule has 2 rings (SSSR count). The van der Waals surface area contributed by atoms with Crippen LogP contribution in [0.2, 0.25) is 0 Å². The number of rotatable bonds is 3. The van der Waals surface area contributed by atoms with E-state index in [9.17, 15) is 5.11 Å². The zero-order valence-corrected chi connectivity index (χ0v) is 10.3. The third-order valence-electron chi connectivity index (χ3n) is 3.43. The number of pyridine rings is 1. The molecule has 17 heavy (non-hydrogen) atoms. The predicted octanol–water partition coefficient (Wildman–Crippen LogP) is 1.45. The molecule has 1 aliphatic heterocycles. The summed E-state index contributed by atoms with van der Waals surface area (Å²) >= 11 is 0. The van der Waals surface area contributed by atoms with Crippen molar-refractivity contribution in [2.24, 2.45) is 5.73 Å². The van der Waals surface area contributed by atoms with E-state index in [4.69, 9.17) is 5.73 Å². The molecule has 1 saturated heterocycles. The average molecular weight is 235 g/mol. The van der Waals surface area contributed by atoms with Crippen LogP contribution < -0.4 is 10.6 Å². The molecule has 0 amide bonds. The summed E-state index contributed by atoms with van der Waals surface area (Å²) in [6.07, 6.45) is 5.25. The van der Waals surface area contributed by atoms with Gasteiger partial charge in [-0.1, -0.05) is 6.07 Å². The molecule has 2 atom stereocenters. The molecule has 0 bridgehead atoms. The van der Waals surface area contributed by atoms with Gasteiger partial charge in [0.1, 0.15) is 5.82 Å². The number of nitrogens with zero attached hydrogens (tertiary/aromatic N) is 2. The molecule has 0 radical (unpaired) electrons. The van der Waals surface area contributed by atoms with Gasteiger partial charge in [0.05, 0.1) is 12.6 Å². The SMILES string of the molecule is CC(N)c1ccc(N2CCCCC2CO)nc1. The molecule has 1 aromatic rings. The number of piperidine rings is 1. The van der Waals surface area contributed by atoms with Crippen molar-refractivity contribution in [3.05, 3.63) is 23.9 Å². The molecule has 1 fully saturated rings. The van der Waals surface area contributed by atoms with Crippen LogP contribution in [-0.2, 0) is 0 Å². The molecule has 94 valence electrons. The van der Waals surface area contributed by atoms with Crippen molar-refractivity contribution in [3.8, 4) is 0 Å². The summed E-state index contributed by atoms with van der Waals surface area (Å²) in [6, 6.07) is 4.27. The fraction of sp³-hybridized carbons (Fsp3) is 0.615. The van der Waals surface area contributed by atoms with Gasteiger partial charge in [-0.3, -0.25) is 0 Å². The van der Waals surface area contributed by atoms with Crippen molar-refractivity contribution in [2.75, 3.05) is 18.1 Å². The zero-order valence-electron chi connectivity index (χ0n) is 10.3. The Balaban J connectivity index is 2.15. The van der Waals surface area contributed by atoms with E-state index in [0.29, 0.717) is 0 Å². The van der Waals surface area contributed by atoms with E-state index in [1.54, 1.807) is 0 Å². The minimum absolute atomic E-state index is 0.0199. The highest BCUT2D eigenvalue weighted by atomic mass is 16.3. The van der Waals surface area contributed by atoms with Crippen molar-refractivity contribution in [2.45, 2.75) is 38.3 Å². The predicted molar refractivity (Wildman–Crippen MR) is 68.9 cm³/mol. The Kier molecular flexibility index (Phi) is 3.97. The van der Waals surface area contributed by atoms with Crippen LogP contribution in [0.1, 0.15) is 37.8 Å². The topological polar surface area (TPSA) is 62.4 Å². The minimum atomic E-state index is 0.0199. The lowest BCUT2D eigenvalue weighted by Gasteiger charge is -2.35. The Hall–Kier alpha value is -1.13. The average Bonchev–Trinajstić information content (AvgIpc) is 2.39. The van der Waals surface area contributed by atoms with Crippen molar-refractivity contribution in [3.63, 3.8) is 0 Å². The Morgan fingerprint density at radius 3 is 2.94 bits per heavy atom. The van der Waals surface area contributed by atoms with Crippen LogP contribution in [0.25, 0.3) is 0 Å². The summed E-state index contributed by atoms with van der Waals surface area (Å²) in [4.78, 5) is 6.66. The highest BCUT2D eigenvalue weighted by Crippen LogP contribution is 2.23. The second-order valence-corrected chi connectivity index (χ2v) is 4.76. The maximum Gasteiger partial charge on any atom is 0.128 e. The largest absolute Gasteiger partial charge is 0.394 e. The van der Waals surface area contributed by atoms with E-state index < -0.39 is 0 Å². The van der Waals surface area contributed by atoms with Gasteiger partial charge < -0.3 is 15.7 Å². The molecular weight excluding hydrogens is 214 g/mol. The molecular formula is C13H21N3O. The maximum atomic E-state index is 9.38. The number of anilines is 1. The van der Waals surface area contributed by atoms with Crippen LogP contribution >= 0.6 is 0 Å². The van der Waals surface area contributed by atoms with Crippen molar-refractivity contribution in [1.82, 2.24) is 4.98 Å². The van der Waals surface area contributed by atoms with E-state index >= 15 is 0 Å². The molecule has 2 unspecified atom stereocenters. The Bertz CT molecular complexity index is 350. The number of aliphatic hydroxyl groups is 1. The number of hydrogen-bond acceptors (Lipinski definition) is 4. The molecule has 2 heterocycles. The van der Waals surface area contributed by atoms with Crippen LogP contribution in [0.5, 0.6) is 0 Å². The molecule has 4 nitrogen and oxygen atoms in total. The zero-order chi connectivity index (χ0) is 12.3. The standard InChI is InChI=1S/C13H21N3O/c1-10(14)11-5-6-13(15-8-11)16-7-3-2-4-12(16)9-17/h5-6,8,10,12,17H,2-4,7,9,14H2,1H3. The lowest BCUT2D eigenvalue weighted by atomic mass is 10.0. The molecule has 4 heteroatoms. The fourth-order valence-corrected chi connectivity index (χ4v) is 2.33. The summed E-state index contributed by atoms with van der Waals surface area (Å²) in [5, 5.41) is 9.38. The van der Waals surface area contributed by atoms with Gasteiger partial charge in [0, 0.05) is 18.8 Å². The Morgan fingerprint density at radius 2 is 2.35 bits per heavy atom. The highest BCUT2D eigenvalue weighted by Gasteiger charge is 2.22. The first-order chi connectivity index (χ1) is 8.22. The smallest absolute Gasteiger partial charge is 0.128 e. The van der Waals surface area contributed by atoms with Crippen molar-refractivity contribution in [1.29, 1.82) is 0 Å². The summed E-state index contributed by atoms with van der Waals surface area (Å²) in [6.45, 7) is 3.14. The molecule has 3 N–H and O–H groups in total. The fourth-order valence-electron chi connectivity index (χ4n) is 2.33. The summed E-state index contributed by atoms with van der Waals surface area (Å²) in [5.74, 6) is 0.952. The summed E-state index contributed by atoms with van der Waals surface area (Å²) < 4.78 is 0. The lowest BCUT2D eigenvalue weighted by molar-refractivity contribution is 0.239. The van der Waals surface area contributed by atoms with Crippen LogP contribution in [-0.4, -0.2) is 29.3 Å². The normalized spacial score (nSPS) is 22.5. The quantitative estimate of drug-likeness (QED) is 0.832. The molecule has 0 spiro atoms. The molecule has 0 saturated carbocycles. The van der Waals surface area contributed by atoms with Gasteiger partial charge in [-0.2, -0.15) is 0 Å². The molecule has 1 aliphatic rings. The number of hydrogen-bond donors (Lipinski definition) is 2. The summed E-state index contributed by atoms with van der Waals surface area (Å²) in [7, 11) is 0. The number of aromatic nitrogens is 1. The third kappa shape index (κ3) is 2.76. The van der Waals surface area contributed by atoms with Gasteiger partial charge in [0.15, 0.2) is 0 Å². The molecule has 0 aromatic carbocycles. The lowest BCUT2D eigenvalue weighted by Crippen LogP contribution is -2.42. The van der Waals surface area contributed by atoms with Gasteiger partial charge in [0.2, 0.25) is 0 Å². The number of aliphatic hydroxyl groups excluding tert-OH is 1. The van der Waals surface area contributed by atoms with E-state index in [1.807, 2.05) is 25.3 Å². The van der Waals surface area contributed by atoms with E-state index in [1.165, 1.54) is 12.8 Å². The van der Waals surface area contributed by atoms with Crippen LogP contribution in [0.15, 0.2) is 18.3 Å². The first kappa shape index (κ1) is 12.3. The molecule has 0 aliphatic carbocycles. The van der Waals surface area contributed by atoms with Crippen molar-refractivity contribution >= 4 is 5.82 Å². The van der Waals surface area contributed by atoms with Gasteiger partial charge in [-0.25, -0.2) is 4.98 Å². The van der Waals surface area contributed by atoms with E-state index in [0.717, 1.165) is 24.3 Å². The third-order valence-corrected chi connectivity index (χ3v) is 3.43. The summed E-state index contributed by atoms with van der Waals surface area (Å²) in [5.41, 5.74) is 6.85. The number of nitrogens with two attached hydrogens (primary N) is 1.